The second-order valence-electron chi connectivity index (χ2n) is 5.62. The Bertz CT molecular complexity index is 645. The summed E-state index contributed by atoms with van der Waals surface area (Å²) >= 11 is 0. The van der Waals surface area contributed by atoms with Gasteiger partial charge in [0.05, 0.1) is 5.41 Å². The Morgan fingerprint density at radius 1 is 1.45 bits per heavy atom. The van der Waals surface area contributed by atoms with Crippen molar-refractivity contribution < 1.29 is 4.79 Å². The number of allylic oxidation sites excluding steroid dienone is 3. The zero-order chi connectivity index (χ0) is 14.3. The number of nitrogen functional groups attached to an aromatic ring is 1. The number of anilines is 1. The molecule has 2 heterocycles. The second-order valence-corrected chi connectivity index (χ2v) is 5.62. The molecule has 1 spiro atoms. The average Bonchev–Trinajstić information content (AvgIpc) is 2.87. The predicted octanol–water partition coefficient (Wildman–Crippen LogP) is 2.12. The van der Waals surface area contributed by atoms with Crippen LogP contribution in [0, 0.1) is 5.41 Å². The molecule has 0 fully saturated rings. The minimum atomic E-state index is -0.465. The van der Waals surface area contributed by atoms with Gasteiger partial charge < -0.3 is 11.1 Å². The Labute approximate surface area is 118 Å². The van der Waals surface area contributed by atoms with E-state index in [2.05, 4.69) is 29.4 Å². The molecule has 0 saturated heterocycles. The molecule has 1 aliphatic carbocycles. The van der Waals surface area contributed by atoms with Crippen LogP contribution in [0.2, 0.25) is 0 Å². The van der Waals surface area contributed by atoms with Crippen LogP contribution in [0.4, 0.5) is 5.82 Å². The standard InChI is InChI=1S/C16H19N3O/c1-3-4-5-13-10(2)19-15(20)16(13)7-11-6-14(17)18-9-12(11)8-16/h4-6,9H,3,7-8H2,1-2H3,(H2,17,18)(H,19,20)/b5-4-/t16-/m0/s1. The third-order valence-corrected chi connectivity index (χ3v) is 4.26. The minimum absolute atomic E-state index is 0.0977. The number of amides is 1. The van der Waals surface area contributed by atoms with E-state index in [9.17, 15) is 4.79 Å². The highest BCUT2D eigenvalue weighted by molar-refractivity contribution is 5.93. The molecule has 0 aromatic carbocycles. The minimum Gasteiger partial charge on any atom is -0.384 e. The first-order chi connectivity index (χ1) is 9.56. The summed E-state index contributed by atoms with van der Waals surface area (Å²) in [5.41, 5.74) is 9.64. The third-order valence-electron chi connectivity index (χ3n) is 4.26. The molecular formula is C16H19N3O. The number of fused-ring (bicyclic) bond motifs is 1. The number of carbonyl (C=O) groups excluding carboxylic acids is 1. The molecule has 3 N–H and O–H groups in total. The van der Waals surface area contributed by atoms with E-state index in [1.54, 1.807) is 0 Å². The van der Waals surface area contributed by atoms with E-state index in [-0.39, 0.29) is 5.91 Å². The topological polar surface area (TPSA) is 68.0 Å². The lowest BCUT2D eigenvalue weighted by Gasteiger charge is -2.22. The van der Waals surface area contributed by atoms with Crippen molar-refractivity contribution in [2.45, 2.75) is 33.1 Å². The molecule has 1 aromatic heterocycles. The molecule has 2 aliphatic rings. The molecular weight excluding hydrogens is 250 g/mol. The maximum atomic E-state index is 12.5. The molecule has 4 nitrogen and oxygen atoms in total. The summed E-state index contributed by atoms with van der Waals surface area (Å²) in [4.78, 5) is 16.6. The lowest BCUT2D eigenvalue weighted by atomic mass is 9.77. The molecule has 1 atom stereocenters. The summed E-state index contributed by atoms with van der Waals surface area (Å²) in [5, 5.41) is 3.00. The van der Waals surface area contributed by atoms with E-state index in [1.165, 1.54) is 0 Å². The zero-order valence-corrected chi connectivity index (χ0v) is 11.9. The average molecular weight is 269 g/mol. The van der Waals surface area contributed by atoms with Gasteiger partial charge in [-0.15, -0.1) is 0 Å². The molecule has 104 valence electrons. The van der Waals surface area contributed by atoms with Gasteiger partial charge in [0, 0.05) is 11.9 Å². The molecule has 1 amide bonds. The van der Waals surface area contributed by atoms with Crippen LogP contribution < -0.4 is 11.1 Å². The predicted molar refractivity (Wildman–Crippen MR) is 78.8 cm³/mol. The summed E-state index contributed by atoms with van der Waals surface area (Å²) in [6, 6.07) is 1.90. The van der Waals surface area contributed by atoms with Crippen molar-refractivity contribution in [2.24, 2.45) is 5.41 Å². The van der Waals surface area contributed by atoms with Crippen LogP contribution in [-0.4, -0.2) is 10.9 Å². The van der Waals surface area contributed by atoms with Gasteiger partial charge >= 0.3 is 0 Å². The number of hydrogen-bond acceptors (Lipinski definition) is 3. The van der Waals surface area contributed by atoms with Crippen LogP contribution in [0.25, 0.3) is 0 Å². The van der Waals surface area contributed by atoms with Crippen molar-refractivity contribution in [1.29, 1.82) is 0 Å². The Morgan fingerprint density at radius 2 is 2.20 bits per heavy atom. The maximum Gasteiger partial charge on any atom is 0.235 e. The van der Waals surface area contributed by atoms with Crippen molar-refractivity contribution in [2.75, 3.05) is 5.73 Å². The van der Waals surface area contributed by atoms with Gasteiger partial charge in [-0.25, -0.2) is 4.98 Å². The first-order valence-corrected chi connectivity index (χ1v) is 6.99. The number of pyridine rings is 1. The van der Waals surface area contributed by atoms with Crippen LogP contribution in [0.1, 0.15) is 31.4 Å². The Kier molecular flexibility index (Phi) is 2.89. The number of nitrogens with one attached hydrogen (secondary N) is 1. The van der Waals surface area contributed by atoms with Crippen LogP contribution in [0.3, 0.4) is 0 Å². The first-order valence-electron chi connectivity index (χ1n) is 6.99. The van der Waals surface area contributed by atoms with Crippen molar-refractivity contribution >= 4 is 11.7 Å². The first kappa shape index (κ1) is 12.9. The summed E-state index contributed by atoms with van der Waals surface area (Å²) in [5.74, 6) is 0.617. The van der Waals surface area contributed by atoms with E-state index in [0.29, 0.717) is 18.7 Å². The lowest BCUT2D eigenvalue weighted by molar-refractivity contribution is -0.126. The maximum absolute atomic E-state index is 12.5. The Balaban J connectivity index is 2.05. The van der Waals surface area contributed by atoms with Crippen molar-refractivity contribution in [3.63, 3.8) is 0 Å². The summed E-state index contributed by atoms with van der Waals surface area (Å²) in [6.07, 6.45) is 8.39. The fourth-order valence-corrected chi connectivity index (χ4v) is 3.29. The Morgan fingerprint density at radius 3 is 2.95 bits per heavy atom. The number of aromatic nitrogens is 1. The Hall–Kier alpha value is -2.10. The number of carbonyl (C=O) groups is 1. The number of hydrogen-bond donors (Lipinski definition) is 2. The molecule has 20 heavy (non-hydrogen) atoms. The number of nitrogens with two attached hydrogens (primary N) is 1. The number of nitrogens with zero attached hydrogens (tertiary/aromatic N) is 1. The van der Waals surface area contributed by atoms with Crippen LogP contribution in [-0.2, 0) is 17.6 Å². The van der Waals surface area contributed by atoms with Gasteiger partial charge in [0.2, 0.25) is 5.91 Å². The highest BCUT2D eigenvalue weighted by Crippen LogP contribution is 2.47. The van der Waals surface area contributed by atoms with E-state index >= 15 is 0 Å². The van der Waals surface area contributed by atoms with Crippen LogP contribution >= 0.6 is 0 Å². The molecule has 3 rings (SSSR count). The number of rotatable bonds is 2. The van der Waals surface area contributed by atoms with Gasteiger partial charge in [-0.05, 0) is 49.0 Å². The fraction of sp³-hybridized carbons (Fsp3) is 0.375. The van der Waals surface area contributed by atoms with Crippen molar-refractivity contribution in [3.05, 3.63) is 46.8 Å². The monoisotopic (exact) mass is 269 g/mol. The summed E-state index contributed by atoms with van der Waals surface area (Å²) in [6.45, 7) is 4.06. The molecule has 0 unspecified atom stereocenters. The van der Waals surface area contributed by atoms with E-state index in [0.717, 1.165) is 28.8 Å². The summed E-state index contributed by atoms with van der Waals surface area (Å²) < 4.78 is 0. The zero-order valence-electron chi connectivity index (χ0n) is 11.9. The van der Waals surface area contributed by atoms with E-state index in [4.69, 9.17) is 5.73 Å². The van der Waals surface area contributed by atoms with Gasteiger partial charge in [0.1, 0.15) is 5.82 Å². The molecule has 4 heteroatoms. The molecule has 1 aliphatic heterocycles. The molecule has 1 aromatic rings. The second kappa shape index (κ2) is 4.47. The van der Waals surface area contributed by atoms with E-state index < -0.39 is 5.41 Å². The highest BCUT2D eigenvalue weighted by atomic mass is 16.2. The van der Waals surface area contributed by atoms with Gasteiger partial charge in [-0.1, -0.05) is 19.1 Å². The van der Waals surface area contributed by atoms with Gasteiger partial charge in [-0.2, -0.15) is 0 Å². The largest absolute Gasteiger partial charge is 0.384 e. The van der Waals surface area contributed by atoms with Crippen LogP contribution in [0.15, 0.2) is 35.7 Å². The highest BCUT2D eigenvalue weighted by Gasteiger charge is 2.50. The van der Waals surface area contributed by atoms with Gasteiger partial charge in [0.25, 0.3) is 0 Å². The van der Waals surface area contributed by atoms with Gasteiger partial charge in [-0.3, -0.25) is 4.79 Å². The SMILES string of the molecule is CC/C=C\C1=C(C)NC(=O)[C@@]12Cc1cnc(N)cc1C2. The summed E-state index contributed by atoms with van der Waals surface area (Å²) in [7, 11) is 0. The normalized spacial score (nSPS) is 24.8. The van der Waals surface area contributed by atoms with Gasteiger partial charge in [0.15, 0.2) is 0 Å². The molecule has 0 bridgehead atoms. The molecule has 0 radical (unpaired) electrons. The van der Waals surface area contributed by atoms with Crippen LogP contribution in [0.5, 0.6) is 0 Å². The smallest absolute Gasteiger partial charge is 0.235 e. The van der Waals surface area contributed by atoms with E-state index in [1.807, 2.05) is 19.2 Å². The quantitative estimate of drug-likeness (QED) is 0.864. The third kappa shape index (κ3) is 1.75. The molecule has 0 saturated carbocycles. The lowest BCUT2D eigenvalue weighted by Crippen LogP contribution is -2.34. The van der Waals surface area contributed by atoms with Crippen molar-refractivity contribution in [1.82, 2.24) is 10.3 Å². The fourth-order valence-electron chi connectivity index (χ4n) is 3.29. The van der Waals surface area contributed by atoms with Crippen molar-refractivity contribution in [3.8, 4) is 0 Å².